The molecule has 0 aliphatic heterocycles. The van der Waals surface area contributed by atoms with Crippen LogP contribution in [0.2, 0.25) is 0 Å². The fourth-order valence-electron chi connectivity index (χ4n) is 3.15. The van der Waals surface area contributed by atoms with Gasteiger partial charge in [-0.05, 0) is 24.7 Å². The van der Waals surface area contributed by atoms with Gasteiger partial charge >= 0.3 is 0 Å². The van der Waals surface area contributed by atoms with Crippen LogP contribution in [0.5, 0.6) is 0 Å². The molecule has 0 saturated heterocycles. The molecule has 0 rings (SSSR count). The van der Waals surface area contributed by atoms with Gasteiger partial charge in [-0.1, -0.05) is 131 Å². The molecular weight excluding hydrogens is 288 g/mol. The molecule has 0 N–H and O–H groups in total. The van der Waals surface area contributed by atoms with Gasteiger partial charge in [0.2, 0.25) is 0 Å². The van der Waals surface area contributed by atoms with Crippen LogP contribution < -0.4 is 0 Å². The van der Waals surface area contributed by atoms with Crippen molar-refractivity contribution in [2.45, 2.75) is 131 Å². The van der Waals surface area contributed by atoms with Gasteiger partial charge < -0.3 is 0 Å². The summed E-state index contributed by atoms with van der Waals surface area (Å²) in [4.78, 5) is 0. The second kappa shape index (κ2) is 22.7. The van der Waals surface area contributed by atoms with Crippen molar-refractivity contribution < 1.29 is 0 Å². The molecule has 146 valence electrons. The molecule has 0 saturated carbocycles. The van der Waals surface area contributed by atoms with E-state index >= 15 is 0 Å². The summed E-state index contributed by atoms with van der Waals surface area (Å²) >= 11 is 0. The predicted molar refractivity (Wildman–Crippen MR) is 115 cm³/mol. The molecule has 0 bridgehead atoms. The van der Waals surface area contributed by atoms with Crippen LogP contribution in [-0.2, 0) is 0 Å². The maximum absolute atomic E-state index is 2.45. The first-order valence-corrected chi connectivity index (χ1v) is 11.4. The van der Waals surface area contributed by atoms with Crippen LogP contribution in [0.3, 0.4) is 0 Å². The number of rotatable bonds is 16. The van der Waals surface area contributed by atoms with Crippen LogP contribution in [-0.4, -0.2) is 0 Å². The Morgan fingerprint density at radius 2 is 1.08 bits per heavy atom. The van der Waals surface area contributed by atoms with Crippen LogP contribution in [0.1, 0.15) is 131 Å². The van der Waals surface area contributed by atoms with E-state index in [4.69, 9.17) is 0 Å². The molecule has 0 aliphatic rings. The molecule has 2 atom stereocenters. The minimum Gasteiger partial charge on any atom is -0.0883 e. The molecule has 24 heavy (non-hydrogen) atoms. The minimum absolute atomic E-state index is 0.757. The third-order valence-electron chi connectivity index (χ3n) is 5.06. The Morgan fingerprint density at radius 3 is 1.54 bits per heavy atom. The van der Waals surface area contributed by atoms with E-state index in [1.165, 1.54) is 89.9 Å². The van der Waals surface area contributed by atoms with Crippen molar-refractivity contribution >= 4 is 0 Å². The Bertz CT molecular complexity index is 228. The van der Waals surface area contributed by atoms with Gasteiger partial charge in [-0.25, -0.2) is 0 Å². The molecule has 0 aromatic rings. The van der Waals surface area contributed by atoms with Gasteiger partial charge in [-0.3, -0.25) is 0 Å². The van der Waals surface area contributed by atoms with Crippen molar-refractivity contribution in [3.8, 4) is 0 Å². The average molecular weight is 339 g/mol. The summed E-state index contributed by atoms with van der Waals surface area (Å²) in [5.41, 5.74) is 0. The fourth-order valence-corrected chi connectivity index (χ4v) is 3.15. The minimum atomic E-state index is 0.757. The molecule has 0 heterocycles. The molecule has 2 unspecified atom stereocenters. The molecule has 0 heteroatoms. The van der Waals surface area contributed by atoms with Crippen molar-refractivity contribution in [2.24, 2.45) is 11.8 Å². The maximum atomic E-state index is 2.45. The average Bonchev–Trinajstić information content (AvgIpc) is 2.60. The zero-order valence-corrected chi connectivity index (χ0v) is 18.2. The summed E-state index contributed by atoms with van der Waals surface area (Å²) in [6, 6.07) is 0. The highest BCUT2D eigenvalue weighted by Crippen LogP contribution is 2.18. The van der Waals surface area contributed by atoms with Gasteiger partial charge in [0.1, 0.15) is 0 Å². The summed E-state index contributed by atoms with van der Waals surface area (Å²) < 4.78 is 0. The van der Waals surface area contributed by atoms with Gasteiger partial charge in [0, 0.05) is 0 Å². The second-order valence-electron chi connectivity index (χ2n) is 7.38. The Labute approximate surface area is 155 Å². The van der Waals surface area contributed by atoms with E-state index in [9.17, 15) is 0 Å². The highest BCUT2D eigenvalue weighted by molar-refractivity contribution is 4.88. The van der Waals surface area contributed by atoms with Crippen molar-refractivity contribution in [3.63, 3.8) is 0 Å². The Balaban J connectivity index is 0. The first-order valence-electron chi connectivity index (χ1n) is 11.4. The molecule has 0 fully saturated rings. The summed E-state index contributed by atoms with van der Waals surface area (Å²) in [5.74, 6) is 1.60. The van der Waals surface area contributed by atoms with E-state index in [0.717, 1.165) is 11.8 Å². The lowest BCUT2D eigenvalue weighted by atomic mass is 9.91. The maximum Gasteiger partial charge on any atom is -0.0236 e. The number of hydrogen-bond acceptors (Lipinski definition) is 0. The first-order chi connectivity index (χ1) is 11.7. The van der Waals surface area contributed by atoms with Crippen LogP contribution >= 0.6 is 0 Å². The van der Waals surface area contributed by atoms with Crippen molar-refractivity contribution in [3.05, 3.63) is 12.2 Å². The standard InChI is InChI=1S/C22H44.C2H6/c1-5-7-8-9-10-11-12-13-14-15-16-17-18-20-22(4)21(3)19-6-2;1-2/h18,20-22H,5-17,19H2,1-4H3;1-2H3. The van der Waals surface area contributed by atoms with Crippen molar-refractivity contribution in [2.75, 3.05) is 0 Å². The zero-order chi connectivity index (χ0) is 18.5. The van der Waals surface area contributed by atoms with Crippen LogP contribution in [0.4, 0.5) is 0 Å². The second-order valence-corrected chi connectivity index (χ2v) is 7.38. The summed E-state index contributed by atoms with van der Waals surface area (Å²) in [5, 5.41) is 0. The van der Waals surface area contributed by atoms with Gasteiger partial charge in [0.25, 0.3) is 0 Å². The summed E-state index contributed by atoms with van der Waals surface area (Å²) in [7, 11) is 0. The summed E-state index contributed by atoms with van der Waals surface area (Å²) in [6.45, 7) is 13.3. The predicted octanol–water partition coefficient (Wildman–Crippen LogP) is 9.34. The molecule has 0 aliphatic carbocycles. The highest BCUT2D eigenvalue weighted by Gasteiger charge is 2.06. The largest absolute Gasteiger partial charge is 0.0883 e. The van der Waals surface area contributed by atoms with Crippen LogP contribution in [0, 0.1) is 11.8 Å². The van der Waals surface area contributed by atoms with E-state index in [2.05, 4.69) is 39.8 Å². The molecule has 0 aromatic heterocycles. The SMILES string of the molecule is CC.CCCCCCCCCCCCCC=CC(C)C(C)CCC. The summed E-state index contributed by atoms with van der Waals surface area (Å²) in [6.07, 6.45) is 24.7. The fraction of sp³-hybridized carbons (Fsp3) is 0.917. The van der Waals surface area contributed by atoms with Crippen molar-refractivity contribution in [1.29, 1.82) is 0 Å². The molecule has 0 amide bonds. The lowest BCUT2D eigenvalue weighted by Gasteiger charge is -2.15. The zero-order valence-electron chi connectivity index (χ0n) is 18.2. The molecule has 0 nitrogen and oxygen atoms in total. The molecular formula is C24H50. The van der Waals surface area contributed by atoms with Gasteiger partial charge in [-0.15, -0.1) is 0 Å². The third-order valence-corrected chi connectivity index (χ3v) is 5.06. The smallest absolute Gasteiger partial charge is 0.0236 e. The van der Waals surface area contributed by atoms with Gasteiger partial charge in [0.15, 0.2) is 0 Å². The van der Waals surface area contributed by atoms with Crippen molar-refractivity contribution in [1.82, 2.24) is 0 Å². The van der Waals surface area contributed by atoms with Crippen LogP contribution in [0.15, 0.2) is 12.2 Å². The Hall–Kier alpha value is -0.260. The van der Waals surface area contributed by atoms with Gasteiger partial charge in [0.05, 0.1) is 0 Å². The Morgan fingerprint density at radius 1 is 0.625 bits per heavy atom. The topological polar surface area (TPSA) is 0 Å². The normalized spacial score (nSPS) is 13.6. The van der Waals surface area contributed by atoms with E-state index in [0.29, 0.717) is 0 Å². The third kappa shape index (κ3) is 19.8. The molecule has 0 radical (unpaired) electrons. The van der Waals surface area contributed by atoms with E-state index < -0.39 is 0 Å². The van der Waals surface area contributed by atoms with E-state index in [-0.39, 0.29) is 0 Å². The number of hydrogen-bond donors (Lipinski definition) is 0. The number of allylic oxidation sites excluding steroid dienone is 2. The van der Waals surface area contributed by atoms with E-state index in [1.807, 2.05) is 13.8 Å². The highest BCUT2D eigenvalue weighted by atomic mass is 14.1. The quantitative estimate of drug-likeness (QED) is 0.194. The lowest BCUT2D eigenvalue weighted by molar-refractivity contribution is 0.423. The lowest BCUT2D eigenvalue weighted by Crippen LogP contribution is -2.04. The first kappa shape index (κ1) is 26.0. The monoisotopic (exact) mass is 338 g/mol. The Kier molecular flexibility index (Phi) is 24.6. The van der Waals surface area contributed by atoms with Gasteiger partial charge in [-0.2, -0.15) is 0 Å². The number of unbranched alkanes of at least 4 members (excludes halogenated alkanes) is 11. The van der Waals surface area contributed by atoms with Crippen LogP contribution in [0.25, 0.3) is 0 Å². The van der Waals surface area contributed by atoms with E-state index in [1.54, 1.807) is 0 Å². The molecule has 0 spiro atoms. The molecule has 0 aromatic carbocycles.